The van der Waals surface area contributed by atoms with E-state index in [1.165, 1.54) is 0 Å². The Kier molecular flexibility index (Phi) is 5.31. The van der Waals surface area contributed by atoms with Crippen LogP contribution >= 0.6 is 11.3 Å². The lowest BCUT2D eigenvalue weighted by Crippen LogP contribution is -2.24. The number of aromatic nitrogens is 2. The predicted octanol–water partition coefficient (Wildman–Crippen LogP) is 2.64. The zero-order valence-corrected chi connectivity index (χ0v) is 12.1. The third-order valence-corrected chi connectivity index (χ3v) is 3.46. The van der Waals surface area contributed by atoms with Crippen LogP contribution in [0.4, 0.5) is 13.2 Å². The SMILES string of the molecule is O=C(CCOc1ccccc1)NCc1nnc(C(F)(F)F)s1. The van der Waals surface area contributed by atoms with E-state index in [0.29, 0.717) is 17.1 Å². The summed E-state index contributed by atoms with van der Waals surface area (Å²) in [5, 5.41) is 7.97. The van der Waals surface area contributed by atoms with Crippen LogP contribution in [0.15, 0.2) is 30.3 Å². The number of nitrogens with zero attached hydrogens (tertiary/aromatic N) is 2. The van der Waals surface area contributed by atoms with E-state index in [2.05, 4.69) is 15.5 Å². The lowest BCUT2D eigenvalue weighted by molar-refractivity contribution is -0.138. The number of ether oxygens (including phenoxy) is 1. The van der Waals surface area contributed by atoms with Crippen molar-refractivity contribution in [3.63, 3.8) is 0 Å². The van der Waals surface area contributed by atoms with Crippen LogP contribution in [0.2, 0.25) is 0 Å². The first-order valence-corrected chi connectivity index (χ1v) is 7.11. The van der Waals surface area contributed by atoms with Crippen LogP contribution in [0.3, 0.4) is 0 Å². The number of halogens is 3. The molecule has 1 N–H and O–H groups in total. The molecule has 0 saturated carbocycles. The molecule has 9 heteroatoms. The van der Waals surface area contributed by atoms with Gasteiger partial charge in [-0.05, 0) is 12.1 Å². The minimum atomic E-state index is -4.51. The molecule has 0 radical (unpaired) electrons. The Morgan fingerprint density at radius 3 is 2.59 bits per heavy atom. The average Bonchev–Trinajstić information content (AvgIpc) is 2.95. The van der Waals surface area contributed by atoms with Crippen LogP contribution in [0.5, 0.6) is 5.75 Å². The highest BCUT2D eigenvalue weighted by atomic mass is 32.1. The minimum Gasteiger partial charge on any atom is -0.493 e. The van der Waals surface area contributed by atoms with Crippen LogP contribution in [0.1, 0.15) is 16.4 Å². The molecule has 22 heavy (non-hydrogen) atoms. The summed E-state index contributed by atoms with van der Waals surface area (Å²) in [6.45, 7) is 0.0949. The standard InChI is InChI=1S/C13H12F3N3O2S/c14-13(15,16)12-19-18-11(22-12)8-17-10(20)6-7-21-9-4-2-1-3-5-9/h1-5H,6-8H2,(H,17,20). The molecule has 5 nitrogen and oxygen atoms in total. The number of hydrogen-bond donors (Lipinski definition) is 1. The van der Waals surface area contributed by atoms with Gasteiger partial charge in [-0.15, -0.1) is 10.2 Å². The van der Waals surface area contributed by atoms with Crippen molar-refractivity contribution in [2.24, 2.45) is 0 Å². The smallest absolute Gasteiger partial charge is 0.445 e. The quantitative estimate of drug-likeness (QED) is 0.884. The van der Waals surface area contributed by atoms with Crippen molar-refractivity contribution >= 4 is 17.2 Å². The Labute approximate surface area is 128 Å². The molecule has 2 rings (SSSR count). The number of amides is 1. The molecule has 2 aromatic rings. The molecule has 0 saturated heterocycles. The molecule has 118 valence electrons. The molecule has 1 aromatic carbocycles. The van der Waals surface area contributed by atoms with Crippen molar-refractivity contribution in [3.05, 3.63) is 40.3 Å². The zero-order valence-electron chi connectivity index (χ0n) is 11.3. The molecule has 0 bridgehead atoms. The lowest BCUT2D eigenvalue weighted by Gasteiger charge is -2.06. The zero-order chi connectivity index (χ0) is 16.0. The monoisotopic (exact) mass is 331 g/mol. The van der Waals surface area contributed by atoms with Crippen LogP contribution in [0, 0.1) is 0 Å². The number of benzene rings is 1. The normalized spacial score (nSPS) is 11.2. The number of carbonyl (C=O) groups excluding carboxylic acids is 1. The fraction of sp³-hybridized carbons (Fsp3) is 0.308. The summed E-state index contributed by atoms with van der Waals surface area (Å²) in [6.07, 6.45) is -4.41. The van der Waals surface area contributed by atoms with Crippen molar-refractivity contribution < 1.29 is 22.7 Å². The highest BCUT2D eigenvalue weighted by Crippen LogP contribution is 2.31. The van der Waals surface area contributed by atoms with Crippen LogP contribution in [-0.4, -0.2) is 22.7 Å². The number of para-hydroxylation sites is 1. The number of rotatable bonds is 6. The highest BCUT2D eigenvalue weighted by molar-refractivity contribution is 7.11. The molecular weight excluding hydrogens is 319 g/mol. The summed E-state index contributed by atoms with van der Waals surface area (Å²) in [6, 6.07) is 8.98. The van der Waals surface area contributed by atoms with E-state index >= 15 is 0 Å². The summed E-state index contributed by atoms with van der Waals surface area (Å²) in [7, 11) is 0. The van der Waals surface area contributed by atoms with Gasteiger partial charge >= 0.3 is 6.18 Å². The number of hydrogen-bond acceptors (Lipinski definition) is 5. The second kappa shape index (κ2) is 7.21. The third kappa shape index (κ3) is 4.99. The van der Waals surface area contributed by atoms with Gasteiger partial charge in [0.2, 0.25) is 10.9 Å². The molecule has 0 aliphatic heterocycles. The first-order valence-electron chi connectivity index (χ1n) is 6.29. The minimum absolute atomic E-state index is 0.0854. The summed E-state index contributed by atoms with van der Waals surface area (Å²) in [5.74, 6) is 0.314. The molecule has 1 amide bonds. The van der Waals surface area contributed by atoms with Gasteiger partial charge in [0.25, 0.3) is 0 Å². The van der Waals surface area contributed by atoms with Crippen LogP contribution in [-0.2, 0) is 17.5 Å². The van der Waals surface area contributed by atoms with E-state index in [0.717, 1.165) is 0 Å². The Bertz CT molecular complexity index is 616. The van der Waals surface area contributed by atoms with Crippen molar-refractivity contribution in [2.45, 2.75) is 19.1 Å². The molecule has 0 fully saturated rings. The van der Waals surface area contributed by atoms with E-state index in [9.17, 15) is 18.0 Å². The van der Waals surface area contributed by atoms with Crippen LogP contribution in [0.25, 0.3) is 0 Å². The Morgan fingerprint density at radius 2 is 1.95 bits per heavy atom. The van der Waals surface area contributed by atoms with E-state index < -0.39 is 11.2 Å². The van der Waals surface area contributed by atoms with Gasteiger partial charge in [0, 0.05) is 0 Å². The van der Waals surface area contributed by atoms with Gasteiger partial charge in [-0.1, -0.05) is 29.5 Å². The summed E-state index contributed by atoms with van der Waals surface area (Å²) >= 11 is 0.409. The lowest BCUT2D eigenvalue weighted by atomic mass is 10.3. The van der Waals surface area contributed by atoms with E-state index in [1.807, 2.05) is 18.2 Å². The van der Waals surface area contributed by atoms with Gasteiger partial charge in [0.05, 0.1) is 19.6 Å². The van der Waals surface area contributed by atoms with E-state index in [-0.39, 0.29) is 30.5 Å². The van der Waals surface area contributed by atoms with Crippen molar-refractivity contribution in [3.8, 4) is 5.75 Å². The Morgan fingerprint density at radius 1 is 1.23 bits per heavy atom. The third-order valence-electron chi connectivity index (χ3n) is 2.49. The largest absolute Gasteiger partial charge is 0.493 e. The van der Waals surface area contributed by atoms with E-state index in [1.54, 1.807) is 12.1 Å². The topological polar surface area (TPSA) is 64.1 Å². The van der Waals surface area contributed by atoms with Gasteiger partial charge in [0.1, 0.15) is 10.8 Å². The first kappa shape index (κ1) is 16.2. The van der Waals surface area contributed by atoms with Crippen LogP contribution < -0.4 is 10.1 Å². The maximum absolute atomic E-state index is 12.3. The first-order chi connectivity index (χ1) is 10.4. The summed E-state index contributed by atoms with van der Waals surface area (Å²) in [4.78, 5) is 11.6. The Hall–Kier alpha value is -2.16. The molecule has 1 heterocycles. The summed E-state index contributed by atoms with van der Waals surface area (Å²) < 4.78 is 42.3. The molecule has 0 aliphatic carbocycles. The fourth-order valence-corrected chi connectivity index (χ4v) is 2.13. The fourth-order valence-electron chi connectivity index (χ4n) is 1.48. The predicted molar refractivity (Wildman–Crippen MR) is 73.3 cm³/mol. The second-order valence-corrected chi connectivity index (χ2v) is 5.25. The summed E-state index contributed by atoms with van der Waals surface area (Å²) in [5.41, 5.74) is 0. The van der Waals surface area contributed by atoms with Gasteiger partial charge in [0.15, 0.2) is 0 Å². The molecular formula is C13H12F3N3O2S. The maximum Gasteiger partial charge on any atom is 0.445 e. The molecule has 0 spiro atoms. The number of nitrogens with one attached hydrogen (secondary N) is 1. The maximum atomic E-state index is 12.3. The number of carbonyl (C=O) groups is 1. The van der Waals surface area contributed by atoms with E-state index in [4.69, 9.17) is 4.74 Å². The Balaban J connectivity index is 1.70. The van der Waals surface area contributed by atoms with Crippen molar-refractivity contribution in [2.75, 3.05) is 6.61 Å². The second-order valence-electron chi connectivity index (χ2n) is 4.19. The molecule has 0 atom stereocenters. The van der Waals surface area contributed by atoms with Gasteiger partial charge in [-0.2, -0.15) is 13.2 Å². The number of alkyl halides is 3. The highest BCUT2D eigenvalue weighted by Gasteiger charge is 2.35. The molecule has 0 unspecified atom stereocenters. The van der Waals surface area contributed by atoms with Gasteiger partial charge < -0.3 is 10.1 Å². The van der Waals surface area contributed by atoms with Gasteiger partial charge in [-0.25, -0.2) is 0 Å². The molecule has 0 aliphatic rings. The van der Waals surface area contributed by atoms with Crippen molar-refractivity contribution in [1.82, 2.24) is 15.5 Å². The average molecular weight is 331 g/mol. The van der Waals surface area contributed by atoms with Crippen molar-refractivity contribution in [1.29, 1.82) is 0 Å². The van der Waals surface area contributed by atoms with Gasteiger partial charge in [-0.3, -0.25) is 4.79 Å². The molecule has 1 aromatic heterocycles.